The summed E-state index contributed by atoms with van der Waals surface area (Å²) in [5, 5.41) is 18.8. The minimum absolute atomic E-state index is 0.665. The first kappa shape index (κ1) is 12.3. The first-order chi connectivity index (χ1) is 9.42. The van der Waals surface area contributed by atoms with Crippen molar-refractivity contribution in [1.29, 1.82) is 0 Å². The standard InChI is InChI=1S/C12H19N7/c1-2-4-9-18(8-3-1)10-7-13-11-5-6-12-14-16-17-19(12)15-11/h5-6H,1-4,7-10H2,(H,13,15). The number of anilines is 1. The molecule has 3 heterocycles. The lowest BCUT2D eigenvalue weighted by molar-refractivity contribution is 0.296. The summed E-state index contributed by atoms with van der Waals surface area (Å²) >= 11 is 0. The van der Waals surface area contributed by atoms with Gasteiger partial charge in [-0.3, -0.25) is 0 Å². The molecule has 1 aliphatic heterocycles. The number of tetrazole rings is 1. The lowest BCUT2D eigenvalue weighted by Crippen LogP contribution is -2.30. The molecule has 2 aromatic rings. The quantitative estimate of drug-likeness (QED) is 0.878. The van der Waals surface area contributed by atoms with E-state index in [-0.39, 0.29) is 0 Å². The van der Waals surface area contributed by atoms with E-state index in [1.807, 2.05) is 12.1 Å². The number of likely N-dealkylation sites (tertiary alicyclic amines) is 1. The van der Waals surface area contributed by atoms with Crippen LogP contribution in [0.2, 0.25) is 0 Å². The van der Waals surface area contributed by atoms with Crippen LogP contribution < -0.4 is 5.32 Å². The van der Waals surface area contributed by atoms with Gasteiger partial charge in [-0.1, -0.05) is 12.8 Å². The van der Waals surface area contributed by atoms with Gasteiger partial charge in [0.2, 0.25) is 0 Å². The monoisotopic (exact) mass is 261 g/mol. The van der Waals surface area contributed by atoms with Gasteiger partial charge < -0.3 is 10.2 Å². The highest BCUT2D eigenvalue weighted by molar-refractivity contribution is 5.41. The predicted molar refractivity (Wildman–Crippen MR) is 72.0 cm³/mol. The Labute approximate surface area is 112 Å². The van der Waals surface area contributed by atoms with Crippen molar-refractivity contribution in [3.8, 4) is 0 Å². The summed E-state index contributed by atoms with van der Waals surface area (Å²) in [6, 6.07) is 3.77. The van der Waals surface area contributed by atoms with Crippen molar-refractivity contribution in [2.24, 2.45) is 0 Å². The van der Waals surface area contributed by atoms with Crippen LogP contribution in [0, 0.1) is 0 Å². The van der Waals surface area contributed by atoms with E-state index >= 15 is 0 Å². The average molecular weight is 261 g/mol. The fraction of sp³-hybridized carbons (Fsp3) is 0.667. The average Bonchev–Trinajstić information content (AvgIpc) is 2.74. The van der Waals surface area contributed by atoms with Gasteiger partial charge in [-0.05, 0) is 48.5 Å². The van der Waals surface area contributed by atoms with Crippen molar-refractivity contribution in [1.82, 2.24) is 30.2 Å². The summed E-state index contributed by atoms with van der Waals surface area (Å²) < 4.78 is 1.44. The lowest BCUT2D eigenvalue weighted by Gasteiger charge is -2.19. The molecule has 1 aliphatic rings. The van der Waals surface area contributed by atoms with Gasteiger partial charge in [0.25, 0.3) is 0 Å². The third-order valence-corrected chi connectivity index (χ3v) is 3.50. The highest BCUT2D eigenvalue weighted by Crippen LogP contribution is 2.09. The fourth-order valence-corrected chi connectivity index (χ4v) is 2.45. The van der Waals surface area contributed by atoms with E-state index in [0.29, 0.717) is 5.65 Å². The molecule has 0 spiro atoms. The second kappa shape index (κ2) is 5.92. The Bertz CT molecular complexity index is 516. The molecule has 0 unspecified atom stereocenters. The lowest BCUT2D eigenvalue weighted by atomic mass is 10.2. The van der Waals surface area contributed by atoms with Crippen molar-refractivity contribution >= 4 is 11.5 Å². The Morgan fingerprint density at radius 1 is 1.11 bits per heavy atom. The van der Waals surface area contributed by atoms with Crippen LogP contribution in [0.3, 0.4) is 0 Å². The third-order valence-electron chi connectivity index (χ3n) is 3.50. The van der Waals surface area contributed by atoms with Gasteiger partial charge in [0.1, 0.15) is 5.82 Å². The van der Waals surface area contributed by atoms with Gasteiger partial charge in [0.15, 0.2) is 5.65 Å². The van der Waals surface area contributed by atoms with Crippen LogP contribution in [0.5, 0.6) is 0 Å². The minimum atomic E-state index is 0.665. The van der Waals surface area contributed by atoms with Crippen LogP contribution in [-0.4, -0.2) is 56.3 Å². The SMILES string of the molecule is c1cc2nnnn2nc1NCCN1CCCCCC1. The van der Waals surface area contributed by atoms with Crippen molar-refractivity contribution in [2.75, 3.05) is 31.5 Å². The number of hydrogen-bond donors (Lipinski definition) is 1. The molecule has 0 aliphatic carbocycles. The van der Waals surface area contributed by atoms with E-state index in [1.165, 1.54) is 43.4 Å². The highest BCUT2D eigenvalue weighted by Gasteiger charge is 2.08. The summed E-state index contributed by atoms with van der Waals surface area (Å²) in [6.45, 7) is 4.41. The van der Waals surface area contributed by atoms with E-state index in [1.54, 1.807) is 0 Å². The number of nitrogens with one attached hydrogen (secondary N) is 1. The van der Waals surface area contributed by atoms with Gasteiger partial charge in [0.05, 0.1) is 0 Å². The van der Waals surface area contributed by atoms with Crippen LogP contribution in [-0.2, 0) is 0 Å². The zero-order valence-electron chi connectivity index (χ0n) is 11.0. The van der Waals surface area contributed by atoms with Gasteiger partial charge in [-0.15, -0.1) is 14.8 Å². The summed E-state index contributed by atoms with van der Waals surface area (Å²) in [5.74, 6) is 0.814. The second-order valence-corrected chi connectivity index (χ2v) is 4.93. The summed E-state index contributed by atoms with van der Waals surface area (Å²) in [4.78, 5) is 2.52. The molecule has 7 nitrogen and oxygen atoms in total. The highest BCUT2D eigenvalue weighted by atomic mass is 15.6. The summed E-state index contributed by atoms with van der Waals surface area (Å²) in [6.07, 6.45) is 5.41. The molecule has 1 fully saturated rings. The smallest absolute Gasteiger partial charge is 0.200 e. The Morgan fingerprint density at radius 2 is 1.95 bits per heavy atom. The molecule has 0 saturated carbocycles. The molecule has 0 bridgehead atoms. The number of rotatable bonds is 4. The molecule has 0 amide bonds. The van der Waals surface area contributed by atoms with Crippen molar-refractivity contribution in [3.05, 3.63) is 12.1 Å². The zero-order chi connectivity index (χ0) is 12.9. The van der Waals surface area contributed by atoms with Gasteiger partial charge in [0, 0.05) is 13.1 Å². The normalized spacial score (nSPS) is 17.5. The van der Waals surface area contributed by atoms with E-state index in [9.17, 15) is 0 Å². The summed E-state index contributed by atoms with van der Waals surface area (Å²) in [5.41, 5.74) is 0.665. The summed E-state index contributed by atoms with van der Waals surface area (Å²) in [7, 11) is 0. The number of hydrogen-bond acceptors (Lipinski definition) is 6. The molecule has 1 saturated heterocycles. The zero-order valence-corrected chi connectivity index (χ0v) is 11.0. The minimum Gasteiger partial charge on any atom is -0.367 e. The van der Waals surface area contributed by atoms with E-state index in [2.05, 4.69) is 30.8 Å². The van der Waals surface area contributed by atoms with Crippen LogP contribution in [0.15, 0.2) is 12.1 Å². The molecule has 0 atom stereocenters. The van der Waals surface area contributed by atoms with Crippen LogP contribution in [0.4, 0.5) is 5.82 Å². The Hall–Kier alpha value is -1.76. The number of nitrogens with zero attached hydrogens (tertiary/aromatic N) is 6. The number of fused-ring (bicyclic) bond motifs is 1. The first-order valence-electron chi connectivity index (χ1n) is 6.93. The van der Waals surface area contributed by atoms with Crippen molar-refractivity contribution in [2.45, 2.75) is 25.7 Å². The largest absolute Gasteiger partial charge is 0.367 e. The van der Waals surface area contributed by atoms with Crippen molar-refractivity contribution in [3.63, 3.8) is 0 Å². The Balaban J connectivity index is 1.50. The molecule has 102 valence electrons. The fourth-order valence-electron chi connectivity index (χ4n) is 2.45. The first-order valence-corrected chi connectivity index (χ1v) is 6.93. The van der Waals surface area contributed by atoms with Gasteiger partial charge in [-0.2, -0.15) is 0 Å². The molecule has 2 aromatic heterocycles. The third kappa shape index (κ3) is 3.17. The molecular formula is C12H19N7. The predicted octanol–water partition coefficient (Wildman–Crippen LogP) is 0.807. The van der Waals surface area contributed by atoms with E-state index in [4.69, 9.17) is 0 Å². The second-order valence-electron chi connectivity index (χ2n) is 4.93. The molecule has 0 aromatic carbocycles. The van der Waals surface area contributed by atoms with Crippen LogP contribution in [0.1, 0.15) is 25.7 Å². The number of aromatic nitrogens is 5. The van der Waals surface area contributed by atoms with E-state index in [0.717, 1.165) is 18.9 Å². The Kier molecular flexibility index (Phi) is 3.83. The van der Waals surface area contributed by atoms with Crippen LogP contribution >= 0.6 is 0 Å². The maximum Gasteiger partial charge on any atom is 0.200 e. The topological polar surface area (TPSA) is 71.2 Å². The molecule has 0 radical (unpaired) electrons. The van der Waals surface area contributed by atoms with Crippen molar-refractivity contribution < 1.29 is 0 Å². The maximum atomic E-state index is 4.29. The van der Waals surface area contributed by atoms with Crippen LogP contribution in [0.25, 0.3) is 5.65 Å². The molecule has 1 N–H and O–H groups in total. The van der Waals surface area contributed by atoms with E-state index < -0.39 is 0 Å². The molecule has 19 heavy (non-hydrogen) atoms. The molecule has 3 rings (SSSR count). The maximum absolute atomic E-state index is 4.29. The van der Waals surface area contributed by atoms with Gasteiger partial charge in [-0.25, -0.2) is 0 Å². The Morgan fingerprint density at radius 3 is 2.79 bits per heavy atom. The molecular weight excluding hydrogens is 242 g/mol. The van der Waals surface area contributed by atoms with Gasteiger partial charge >= 0.3 is 0 Å². The molecule has 7 heteroatoms.